The molecule has 2 heteroatoms. The molecule has 0 saturated carbocycles. The summed E-state index contributed by atoms with van der Waals surface area (Å²) in [5.41, 5.74) is 2.22. The van der Waals surface area contributed by atoms with Gasteiger partial charge in [0.05, 0.1) is 6.61 Å². The number of carbonyl (C=O) groups is 1. The van der Waals surface area contributed by atoms with Crippen molar-refractivity contribution in [2.75, 3.05) is 6.61 Å². The highest BCUT2D eigenvalue weighted by atomic mass is 16.3. The van der Waals surface area contributed by atoms with Gasteiger partial charge in [-0.2, -0.15) is 0 Å². The number of aliphatic hydroxyl groups excluding tert-OH is 1. The van der Waals surface area contributed by atoms with E-state index in [1.54, 1.807) is 0 Å². The molecule has 76 valence electrons. The number of carbonyl (C=O) groups excluding carboxylic acids is 1. The van der Waals surface area contributed by atoms with E-state index in [0.717, 1.165) is 17.4 Å². The first-order valence-electron chi connectivity index (χ1n) is 4.41. The zero-order valence-electron chi connectivity index (χ0n) is 8.66. The van der Waals surface area contributed by atoms with E-state index in [9.17, 15) is 4.79 Å². The summed E-state index contributed by atoms with van der Waals surface area (Å²) in [4.78, 5) is 10.3. The van der Waals surface area contributed by atoms with Gasteiger partial charge in [-0.05, 0) is 36.6 Å². The third kappa shape index (κ3) is 4.01. The predicted molar refractivity (Wildman–Crippen MR) is 58.9 cm³/mol. The lowest BCUT2D eigenvalue weighted by atomic mass is 10.00. The van der Waals surface area contributed by atoms with E-state index in [1.165, 1.54) is 6.08 Å². The molecule has 0 unspecified atom stereocenters. The van der Waals surface area contributed by atoms with Gasteiger partial charge >= 0.3 is 0 Å². The van der Waals surface area contributed by atoms with Crippen LogP contribution in [-0.4, -0.2) is 18.0 Å². The Balaban J connectivity index is 5.00. The molecule has 0 amide bonds. The van der Waals surface area contributed by atoms with E-state index in [-0.39, 0.29) is 6.61 Å². The number of aliphatic hydroxyl groups is 1. The summed E-state index contributed by atoms with van der Waals surface area (Å²) in [6.07, 6.45) is 7.73. The van der Waals surface area contributed by atoms with Crippen LogP contribution in [0.1, 0.15) is 13.8 Å². The maximum Gasteiger partial charge on any atom is 0.143 e. The molecule has 0 aliphatic carbocycles. The van der Waals surface area contributed by atoms with Crippen molar-refractivity contribution in [3.05, 3.63) is 47.6 Å². The Kier molecular flexibility index (Phi) is 6.33. The van der Waals surface area contributed by atoms with E-state index >= 15 is 0 Å². The Morgan fingerprint density at radius 1 is 1.43 bits per heavy atom. The third-order valence-corrected chi connectivity index (χ3v) is 1.77. The lowest BCUT2D eigenvalue weighted by Gasteiger charge is -2.07. The molecule has 0 rings (SSSR count). The summed E-state index contributed by atoms with van der Waals surface area (Å²) in [5.74, 6) is 0. The topological polar surface area (TPSA) is 37.3 Å². The molecule has 2 nitrogen and oxygen atoms in total. The Labute approximate surface area is 85.0 Å². The SMILES string of the molecule is C=C(CO)C(=C\C=C/C)/C(C)=C\C=O. The van der Waals surface area contributed by atoms with Gasteiger partial charge < -0.3 is 5.11 Å². The summed E-state index contributed by atoms with van der Waals surface area (Å²) in [6.45, 7) is 7.32. The van der Waals surface area contributed by atoms with E-state index in [4.69, 9.17) is 5.11 Å². The van der Waals surface area contributed by atoms with Crippen molar-refractivity contribution in [2.45, 2.75) is 13.8 Å². The smallest absolute Gasteiger partial charge is 0.143 e. The molecule has 0 atom stereocenters. The highest BCUT2D eigenvalue weighted by Crippen LogP contribution is 2.16. The molecular formula is C12H16O2. The van der Waals surface area contributed by atoms with Crippen LogP contribution >= 0.6 is 0 Å². The molecule has 0 aromatic carbocycles. The average Bonchev–Trinajstić information content (AvgIpc) is 2.18. The highest BCUT2D eigenvalue weighted by molar-refractivity contribution is 5.69. The minimum atomic E-state index is -0.104. The van der Waals surface area contributed by atoms with Crippen molar-refractivity contribution in [1.29, 1.82) is 0 Å². The van der Waals surface area contributed by atoms with Crippen molar-refractivity contribution in [1.82, 2.24) is 0 Å². The van der Waals surface area contributed by atoms with Gasteiger partial charge in [0.25, 0.3) is 0 Å². The van der Waals surface area contributed by atoms with E-state index in [1.807, 2.05) is 32.1 Å². The van der Waals surface area contributed by atoms with Crippen molar-refractivity contribution < 1.29 is 9.90 Å². The molecule has 1 N–H and O–H groups in total. The van der Waals surface area contributed by atoms with Crippen LogP contribution < -0.4 is 0 Å². The second-order valence-electron chi connectivity index (χ2n) is 2.85. The fourth-order valence-corrected chi connectivity index (χ4v) is 0.998. The summed E-state index contributed by atoms with van der Waals surface area (Å²) in [5, 5.41) is 8.94. The Morgan fingerprint density at radius 3 is 2.50 bits per heavy atom. The molecule has 0 radical (unpaired) electrons. The van der Waals surface area contributed by atoms with Crippen molar-refractivity contribution in [3.8, 4) is 0 Å². The number of rotatable bonds is 5. The van der Waals surface area contributed by atoms with E-state index in [2.05, 4.69) is 6.58 Å². The summed E-state index contributed by atoms with van der Waals surface area (Å²) in [7, 11) is 0. The molecule has 0 saturated heterocycles. The van der Waals surface area contributed by atoms with Crippen LogP contribution in [0.3, 0.4) is 0 Å². The van der Waals surface area contributed by atoms with E-state index < -0.39 is 0 Å². The lowest BCUT2D eigenvalue weighted by Crippen LogP contribution is -1.95. The number of hydrogen-bond acceptors (Lipinski definition) is 2. The monoisotopic (exact) mass is 192 g/mol. The van der Waals surface area contributed by atoms with Gasteiger partial charge in [0, 0.05) is 0 Å². The number of aldehydes is 1. The van der Waals surface area contributed by atoms with Gasteiger partial charge in [0.2, 0.25) is 0 Å². The Hall–Kier alpha value is -1.41. The summed E-state index contributed by atoms with van der Waals surface area (Å²) >= 11 is 0. The first-order chi connectivity index (χ1) is 6.67. The molecule has 0 heterocycles. The van der Waals surface area contributed by atoms with Gasteiger partial charge in [-0.15, -0.1) is 0 Å². The molecule has 0 aliphatic heterocycles. The molecular weight excluding hydrogens is 176 g/mol. The van der Waals surface area contributed by atoms with Crippen molar-refractivity contribution in [3.63, 3.8) is 0 Å². The zero-order valence-corrected chi connectivity index (χ0v) is 8.66. The standard InChI is InChI=1S/C12H16O2/c1-4-5-6-12(11(3)9-14)10(2)7-8-13/h4-8,14H,3,9H2,1-2H3/b5-4-,10-7-,12-6-. The second-order valence-corrected chi connectivity index (χ2v) is 2.85. The summed E-state index contributed by atoms with van der Waals surface area (Å²) < 4.78 is 0. The van der Waals surface area contributed by atoms with Crippen LogP contribution in [0.25, 0.3) is 0 Å². The van der Waals surface area contributed by atoms with Crippen LogP contribution in [0.5, 0.6) is 0 Å². The lowest BCUT2D eigenvalue weighted by molar-refractivity contribution is -0.104. The number of hydrogen-bond donors (Lipinski definition) is 1. The third-order valence-electron chi connectivity index (χ3n) is 1.77. The van der Waals surface area contributed by atoms with Crippen LogP contribution in [0, 0.1) is 0 Å². The Bertz CT molecular complexity index is 293. The van der Waals surface area contributed by atoms with Crippen LogP contribution in [0.15, 0.2) is 47.6 Å². The Morgan fingerprint density at radius 2 is 2.07 bits per heavy atom. The molecule has 14 heavy (non-hydrogen) atoms. The summed E-state index contributed by atoms with van der Waals surface area (Å²) in [6, 6.07) is 0. The van der Waals surface area contributed by atoms with Crippen LogP contribution in [0.4, 0.5) is 0 Å². The maximum absolute atomic E-state index is 10.3. The van der Waals surface area contributed by atoms with Crippen LogP contribution in [-0.2, 0) is 4.79 Å². The number of allylic oxidation sites excluding steroid dienone is 5. The largest absolute Gasteiger partial charge is 0.392 e. The molecule has 0 bridgehead atoms. The minimum Gasteiger partial charge on any atom is -0.392 e. The first-order valence-corrected chi connectivity index (χ1v) is 4.41. The zero-order chi connectivity index (χ0) is 11.0. The molecule has 0 aliphatic rings. The fourth-order valence-electron chi connectivity index (χ4n) is 0.998. The van der Waals surface area contributed by atoms with Gasteiger partial charge in [-0.1, -0.05) is 24.8 Å². The second kappa shape index (κ2) is 7.04. The van der Waals surface area contributed by atoms with E-state index in [0.29, 0.717) is 5.57 Å². The van der Waals surface area contributed by atoms with Gasteiger partial charge in [0.1, 0.15) is 6.29 Å². The van der Waals surface area contributed by atoms with Gasteiger partial charge in [-0.25, -0.2) is 0 Å². The van der Waals surface area contributed by atoms with Gasteiger partial charge in [0.15, 0.2) is 0 Å². The normalized spacial score (nSPS) is 13.4. The first kappa shape index (κ1) is 12.6. The fraction of sp³-hybridized carbons (Fsp3) is 0.250. The average molecular weight is 192 g/mol. The molecule has 0 aromatic heterocycles. The van der Waals surface area contributed by atoms with Crippen LogP contribution in [0.2, 0.25) is 0 Å². The highest BCUT2D eigenvalue weighted by Gasteiger charge is 2.02. The van der Waals surface area contributed by atoms with Crippen molar-refractivity contribution in [2.24, 2.45) is 0 Å². The minimum absolute atomic E-state index is 0.104. The van der Waals surface area contributed by atoms with Crippen molar-refractivity contribution >= 4 is 6.29 Å². The molecule has 0 aromatic rings. The maximum atomic E-state index is 10.3. The molecule has 0 fully saturated rings. The predicted octanol–water partition coefficient (Wildman–Crippen LogP) is 2.18. The molecule has 0 spiro atoms. The quantitative estimate of drug-likeness (QED) is 0.412. The van der Waals surface area contributed by atoms with Gasteiger partial charge in [-0.3, -0.25) is 4.79 Å².